The van der Waals surface area contributed by atoms with Crippen molar-refractivity contribution in [1.82, 2.24) is 0 Å². The summed E-state index contributed by atoms with van der Waals surface area (Å²) in [5.74, 6) is -0.143. The predicted octanol–water partition coefficient (Wildman–Crippen LogP) is 3.47. The van der Waals surface area contributed by atoms with Crippen LogP contribution in [0.25, 0.3) is 0 Å². The molecular formula is C16H18N2O. The SMILES string of the molecule is CCCc1ccc(NC(=O)c2cccc(N)c2)cc1. The van der Waals surface area contributed by atoms with Crippen LogP contribution in [0.15, 0.2) is 48.5 Å². The lowest BCUT2D eigenvalue weighted by Crippen LogP contribution is -2.12. The van der Waals surface area contributed by atoms with Crippen LogP contribution in [0.1, 0.15) is 29.3 Å². The molecule has 0 aromatic heterocycles. The first kappa shape index (κ1) is 13.1. The van der Waals surface area contributed by atoms with Crippen molar-refractivity contribution in [3.63, 3.8) is 0 Å². The zero-order chi connectivity index (χ0) is 13.7. The number of anilines is 2. The van der Waals surface area contributed by atoms with Gasteiger partial charge in [0.05, 0.1) is 0 Å². The third kappa shape index (κ3) is 3.58. The normalized spacial score (nSPS) is 10.2. The Morgan fingerprint density at radius 3 is 2.53 bits per heavy atom. The van der Waals surface area contributed by atoms with Gasteiger partial charge in [0.1, 0.15) is 0 Å². The molecule has 0 saturated carbocycles. The van der Waals surface area contributed by atoms with Gasteiger partial charge in [-0.15, -0.1) is 0 Å². The van der Waals surface area contributed by atoms with Crippen molar-refractivity contribution in [2.24, 2.45) is 0 Å². The van der Waals surface area contributed by atoms with Gasteiger partial charge in [-0.25, -0.2) is 0 Å². The molecule has 0 heterocycles. The molecule has 98 valence electrons. The molecule has 0 radical (unpaired) electrons. The van der Waals surface area contributed by atoms with Crippen molar-refractivity contribution in [2.75, 3.05) is 11.1 Å². The molecule has 0 unspecified atom stereocenters. The summed E-state index contributed by atoms with van der Waals surface area (Å²) < 4.78 is 0. The number of rotatable bonds is 4. The molecule has 2 aromatic carbocycles. The summed E-state index contributed by atoms with van der Waals surface area (Å²) in [5, 5.41) is 2.86. The molecule has 1 amide bonds. The maximum absolute atomic E-state index is 12.0. The zero-order valence-corrected chi connectivity index (χ0v) is 11.0. The van der Waals surface area contributed by atoms with Crippen molar-refractivity contribution >= 4 is 17.3 Å². The molecule has 0 atom stereocenters. The molecular weight excluding hydrogens is 236 g/mol. The van der Waals surface area contributed by atoms with Crippen LogP contribution in [-0.2, 0) is 6.42 Å². The standard InChI is InChI=1S/C16H18N2O/c1-2-4-12-7-9-15(10-8-12)18-16(19)13-5-3-6-14(17)11-13/h3,5-11H,2,4,17H2,1H3,(H,18,19). The lowest BCUT2D eigenvalue weighted by Gasteiger charge is -2.07. The summed E-state index contributed by atoms with van der Waals surface area (Å²) in [4.78, 5) is 12.0. The fourth-order valence-corrected chi connectivity index (χ4v) is 1.93. The Hall–Kier alpha value is -2.29. The minimum atomic E-state index is -0.143. The van der Waals surface area contributed by atoms with Gasteiger partial charge in [-0.2, -0.15) is 0 Å². The lowest BCUT2D eigenvalue weighted by molar-refractivity contribution is 0.102. The van der Waals surface area contributed by atoms with E-state index in [-0.39, 0.29) is 5.91 Å². The van der Waals surface area contributed by atoms with Crippen LogP contribution in [-0.4, -0.2) is 5.91 Å². The fourth-order valence-electron chi connectivity index (χ4n) is 1.93. The predicted molar refractivity (Wildman–Crippen MR) is 79.2 cm³/mol. The Morgan fingerprint density at radius 1 is 1.16 bits per heavy atom. The highest BCUT2D eigenvalue weighted by Gasteiger charge is 2.05. The fraction of sp³-hybridized carbons (Fsp3) is 0.188. The van der Waals surface area contributed by atoms with Crippen molar-refractivity contribution in [2.45, 2.75) is 19.8 Å². The number of hydrogen-bond acceptors (Lipinski definition) is 2. The van der Waals surface area contributed by atoms with Gasteiger partial charge in [0.2, 0.25) is 0 Å². The lowest BCUT2D eigenvalue weighted by atomic mass is 10.1. The minimum absolute atomic E-state index is 0.143. The third-order valence-electron chi connectivity index (χ3n) is 2.90. The highest BCUT2D eigenvalue weighted by Crippen LogP contribution is 2.13. The molecule has 0 aliphatic carbocycles. The van der Waals surface area contributed by atoms with Gasteiger partial charge in [-0.3, -0.25) is 4.79 Å². The summed E-state index contributed by atoms with van der Waals surface area (Å²) in [7, 11) is 0. The van der Waals surface area contributed by atoms with Gasteiger partial charge in [0.25, 0.3) is 5.91 Å². The van der Waals surface area contributed by atoms with Gasteiger partial charge in [0.15, 0.2) is 0 Å². The molecule has 3 heteroatoms. The van der Waals surface area contributed by atoms with Crippen LogP contribution in [0, 0.1) is 0 Å². The van der Waals surface area contributed by atoms with Gasteiger partial charge in [0, 0.05) is 16.9 Å². The maximum atomic E-state index is 12.0. The Bertz CT molecular complexity index is 561. The maximum Gasteiger partial charge on any atom is 0.255 e. The zero-order valence-electron chi connectivity index (χ0n) is 11.0. The van der Waals surface area contributed by atoms with E-state index in [1.54, 1.807) is 24.3 Å². The second kappa shape index (κ2) is 6.05. The van der Waals surface area contributed by atoms with Crippen molar-refractivity contribution in [3.05, 3.63) is 59.7 Å². The smallest absolute Gasteiger partial charge is 0.255 e. The molecule has 0 aliphatic rings. The molecule has 0 spiro atoms. The second-order valence-electron chi connectivity index (χ2n) is 4.53. The molecule has 19 heavy (non-hydrogen) atoms. The molecule has 2 rings (SSSR count). The largest absolute Gasteiger partial charge is 0.399 e. The number of carbonyl (C=O) groups is 1. The van der Waals surface area contributed by atoms with Crippen LogP contribution in [0.4, 0.5) is 11.4 Å². The van der Waals surface area contributed by atoms with Crippen LogP contribution in [0.3, 0.4) is 0 Å². The Kier molecular flexibility index (Phi) is 4.18. The number of nitrogens with one attached hydrogen (secondary N) is 1. The van der Waals surface area contributed by atoms with Crippen LogP contribution < -0.4 is 11.1 Å². The average Bonchev–Trinajstić information content (AvgIpc) is 2.41. The van der Waals surface area contributed by atoms with Gasteiger partial charge in [-0.1, -0.05) is 31.5 Å². The third-order valence-corrected chi connectivity index (χ3v) is 2.90. The number of nitrogens with two attached hydrogens (primary N) is 1. The molecule has 3 nitrogen and oxygen atoms in total. The van der Waals surface area contributed by atoms with E-state index in [1.165, 1.54) is 5.56 Å². The first-order valence-corrected chi connectivity index (χ1v) is 6.45. The van der Waals surface area contributed by atoms with Crippen molar-refractivity contribution in [3.8, 4) is 0 Å². The van der Waals surface area contributed by atoms with E-state index in [0.717, 1.165) is 18.5 Å². The van der Waals surface area contributed by atoms with Gasteiger partial charge < -0.3 is 11.1 Å². The van der Waals surface area contributed by atoms with Crippen LogP contribution >= 0.6 is 0 Å². The summed E-state index contributed by atoms with van der Waals surface area (Å²) in [6, 6.07) is 14.9. The average molecular weight is 254 g/mol. The topological polar surface area (TPSA) is 55.1 Å². The Balaban J connectivity index is 2.06. The first-order valence-electron chi connectivity index (χ1n) is 6.45. The minimum Gasteiger partial charge on any atom is -0.399 e. The van der Waals surface area contributed by atoms with Gasteiger partial charge in [-0.05, 0) is 42.3 Å². The first-order chi connectivity index (χ1) is 9.19. The molecule has 2 aromatic rings. The van der Waals surface area contributed by atoms with Crippen molar-refractivity contribution < 1.29 is 4.79 Å². The quantitative estimate of drug-likeness (QED) is 0.821. The number of aryl methyl sites for hydroxylation is 1. The molecule has 0 aliphatic heterocycles. The molecule has 0 bridgehead atoms. The molecule has 0 saturated heterocycles. The van der Waals surface area contributed by atoms with E-state index in [0.29, 0.717) is 11.3 Å². The van der Waals surface area contributed by atoms with Crippen LogP contribution in [0.5, 0.6) is 0 Å². The number of hydrogen-bond donors (Lipinski definition) is 2. The highest BCUT2D eigenvalue weighted by molar-refractivity contribution is 6.04. The van der Waals surface area contributed by atoms with E-state index in [2.05, 4.69) is 12.2 Å². The van der Waals surface area contributed by atoms with Gasteiger partial charge >= 0.3 is 0 Å². The van der Waals surface area contributed by atoms with E-state index < -0.39 is 0 Å². The van der Waals surface area contributed by atoms with Crippen molar-refractivity contribution in [1.29, 1.82) is 0 Å². The second-order valence-corrected chi connectivity index (χ2v) is 4.53. The number of carbonyl (C=O) groups excluding carboxylic acids is 1. The summed E-state index contributed by atoms with van der Waals surface area (Å²) in [6.07, 6.45) is 2.18. The summed E-state index contributed by atoms with van der Waals surface area (Å²) >= 11 is 0. The Labute approximate surface area is 113 Å². The molecule has 0 fully saturated rings. The molecule has 3 N–H and O–H groups in total. The Morgan fingerprint density at radius 2 is 1.89 bits per heavy atom. The van der Waals surface area contributed by atoms with Crippen LogP contribution in [0.2, 0.25) is 0 Å². The number of benzene rings is 2. The van der Waals surface area contributed by atoms with E-state index in [1.807, 2.05) is 24.3 Å². The van der Waals surface area contributed by atoms with E-state index in [9.17, 15) is 4.79 Å². The highest BCUT2D eigenvalue weighted by atomic mass is 16.1. The van der Waals surface area contributed by atoms with E-state index >= 15 is 0 Å². The summed E-state index contributed by atoms with van der Waals surface area (Å²) in [6.45, 7) is 2.15. The van der Waals surface area contributed by atoms with E-state index in [4.69, 9.17) is 5.73 Å². The number of amides is 1. The monoisotopic (exact) mass is 254 g/mol. The summed E-state index contributed by atoms with van der Waals surface area (Å²) in [5.41, 5.74) is 8.90. The number of nitrogen functional groups attached to an aromatic ring is 1.